The number of nitrogens with two attached hydrogens (primary N) is 1. The van der Waals surface area contributed by atoms with Gasteiger partial charge in [0.2, 0.25) is 0 Å². The first-order valence-corrected chi connectivity index (χ1v) is 11.3. The molecule has 0 radical (unpaired) electrons. The zero-order valence-corrected chi connectivity index (χ0v) is 20.1. The standard InChI is InChI=1S/C23H28N8O4/c1-5-10-29-20-18(21(32)30(11-6-2)23(29)34)25-19(26-20)16-13-17(27-28(16)3)31(22(24)33)14-8-7-9-15(12-14)35-4/h7-9,12-13H,5-6,10-11H2,1-4H3,(H2,24,33)(H,25,26). The highest BCUT2D eigenvalue weighted by atomic mass is 16.5. The summed E-state index contributed by atoms with van der Waals surface area (Å²) in [4.78, 5) is 47.2. The Bertz CT molecular complexity index is 1510. The average Bonchev–Trinajstić information content (AvgIpc) is 3.43. The van der Waals surface area contributed by atoms with E-state index in [0.29, 0.717) is 48.9 Å². The zero-order valence-electron chi connectivity index (χ0n) is 20.1. The van der Waals surface area contributed by atoms with Gasteiger partial charge in [-0.2, -0.15) is 5.10 Å². The minimum absolute atomic E-state index is 0.240. The predicted octanol–water partition coefficient (Wildman–Crippen LogP) is 2.33. The summed E-state index contributed by atoms with van der Waals surface area (Å²) in [6.45, 7) is 4.59. The number of nitrogens with zero attached hydrogens (tertiary/aromatic N) is 6. The van der Waals surface area contributed by atoms with Crippen molar-refractivity contribution >= 4 is 28.7 Å². The molecular weight excluding hydrogens is 452 g/mol. The first-order chi connectivity index (χ1) is 16.8. The van der Waals surface area contributed by atoms with Gasteiger partial charge in [-0.25, -0.2) is 19.5 Å². The van der Waals surface area contributed by atoms with Crippen LogP contribution in [0.3, 0.4) is 0 Å². The summed E-state index contributed by atoms with van der Waals surface area (Å²) in [6, 6.07) is 7.77. The lowest BCUT2D eigenvalue weighted by Gasteiger charge is -2.18. The number of nitrogens with one attached hydrogen (secondary N) is 1. The molecule has 0 spiro atoms. The molecule has 3 aromatic heterocycles. The molecule has 0 aliphatic rings. The Morgan fingerprint density at radius 2 is 1.86 bits per heavy atom. The third-order valence-electron chi connectivity index (χ3n) is 5.63. The number of benzene rings is 1. The Morgan fingerprint density at radius 1 is 1.14 bits per heavy atom. The van der Waals surface area contributed by atoms with Gasteiger partial charge >= 0.3 is 11.7 Å². The fraction of sp³-hybridized carbons (Fsp3) is 0.348. The number of carbonyl (C=O) groups excluding carboxylic acids is 1. The van der Waals surface area contributed by atoms with Gasteiger partial charge in [0.1, 0.15) is 17.0 Å². The largest absolute Gasteiger partial charge is 0.497 e. The molecule has 1 aromatic carbocycles. The smallest absolute Gasteiger partial charge is 0.332 e. The van der Waals surface area contributed by atoms with Crippen LogP contribution in [0.2, 0.25) is 0 Å². The molecule has 0 saturated heterocycles. The molecule has 35 heavy (non-hydrogen) atoms. The van der Waals surface area contributed by atoms with E-state index >= 15 is 0 Å². The number of rotatable bonds is 8. The molecular formula is C23H28N8O4. The number of aryl methyl sites for hydroxylation is 2. The second-order valence-corrected chi connectivity index (χ2v) is 8.06. The number of primary amides is 1. The lowest BCUT2D eigenvalue weighted by Crippen LogP contribution is -2.40. The molecule has 4 rings (SSSR count). The van der Waals surface area contributed by atoms with Crippen molar-refractivity contribution in [2.75, 3.05) is 12.0 Å². The summed E-state index contributed by atoms with van der Waals surface area (Å²) >= 11 is 0. The van der Waals surface area contributed by atoms with E-state index in [2.05, 4.69) is 15.1 Å². The lowest BCUT2D eigenvalue weighted by molar-refractivity contribution is 0.256. The maximum Gasteiger partial charge on any atom is 0.332 e. The summed E-state index contributed by atoms with van der Waals surface area (Å²) in [6.07, 6.45) is 1.34. The normalized spacial score (nSPS) is 11.2. The summed E-state index contributed by atoms with van der Waals surface area (Å²) in [5.74, 6) is 1.16. The topological polar surface area (TPSA) is 146 Å². The van der Waals surface area contributed by atoms with E-state index in [4.69, 9.17) is 10.5 Å². The van der Waals surface area contributed by atoms with Crippen LogP contribution < -0.4 is 26.6 Å². The van der Waals surface area contributed by atoms with Gasteiger partial charge in [-0.3, -0.25) is 18.6 Å². The van der Waals surface area contributed by atoms with Gasteiger partial charge in [0.05, 0.1) is 12.8 Å². The SMILES string of the molecule is CCCn1c(=O)c2[nH]c(-c3cc(N(C(N)=O)c4cccc(OC)c4)nn3C)nc2n(CCC)c1=O. The van der Waals surface area contributed by atoms with Crippen molar-refractivity contribution in [2.24, 2.45) is 12.8 Å². The van der Waals surface area contributed by atoms with E-state index in [1.807, 2.05) is 13.8 Å². The number of anilines is 2. The van der Waals surface area contributed by atoms with Crippen molar-refractivity contribution < 1.29 is 9.53 Å². The molecule has 184 valence electrons. The van der Waals surface area contributed by atoms with Crippen molar-refractivity contribution in [3.63, 3.8) is 0 Å². The number of imidazole rings is 1. The van der Waals surface area contributed by atoms with Gasteiger partial charge < -0.3 is 15.5 Å². The number of fused-ring (bicyclic) bond motifs is 1. The van der Waals surface area contributed by atoms with Crippen LogP contribution in [0, 0.1) is 0 Å². The fourth-order valence-corrected chi connectivity index (χ4v) is 4.04. The molecule has 12 heteroatoms. The Balaban J connectivity index is 1.87. The third kappa shape index (κ3) is 4.18. The van der Waals surface area contributed by atoms with E-state index < -0.39 is 11.6 Å². The number of methoxy groups -OCH3 is 1. The second kappa shape index (κ2) is 9.49. The molecule has 3 N–H and O–H groups in total. The van der Waals surface area contributed by atoms with Gasteiger partial charge in [-0.15, -0.1) is 0 Å². The number of hydrogen-bond acceptors (Lipinski definition) is 6. The molecule has 3 heterocycles. The molecule has 0 bridgehead atoms. The van der Waals surface area contributed by atoms with Crippen LogP contribution >= 0.6 is 0 Å². The zero-order chi connectivity index (χ0) is 25.3. The summed E-state index contributed by atoms with van der Waals surface area (Å²) < 4.78 is 9.51. The van der Waals surface area contributed by atoms with Gasteiger partial charge in [0, 0.05) is 32.3 Å². The number of aromatic amines is 1. The van der Waals surface area contributed by atoms with Crippen molar-refractivity contribution in [3.05, 3.63) is 51.2 Å². The maximum absolute atomic E-state index is 13.0. The van der Waals surface area contributed by atoms with Crippen LogP contribution in [0.25, 0.3) is 22.7 Å². The van der Waals surface area contributed by atoms with Gasteiger partial charge in [0.15, 0.2) is 17.3 Å². The number of ether oxygens (including phenoxy) is 1. The van der Waals surface area contributed by atoms with Crippen LogP contribution in [-0.4, -0.2) is 42.0 Å². The van der Waals surface area contributed by atoms with Crippen molar-refractivity contribution in [2.45, 2.75) is 39.8 Å². The first-order valence-electron chi connectivity index (χ1n) is 11.3. The molecule has 0 aliphatic carbocycles. The van der Waals surface area contributed by atoms with Crippen LogP contribution in [-0.2, 0) is 20.1 Å². The van der Waals surface area contributed by atoms with Gasteiger partial charge in [0.25, 0.3) is 5.56 Å². The monoisotopic (exact) mass is 480 g/mol. The number of urea groups is 1. The highest BCUT2D eigenvalue weighted by molar-refractivity contribution is 5.98. The van der Waals surface area contributed by atoms with E-state index in [-0.39, 0.29) is 22.7 Å². The number of aromatic nitrogens is 6. The molecule has 12 nitrogen and oxygen atoms in total. The predicted molar refractivity (Wildman–Crippen MR) is 132 cm³/mol. The lowest BCUT2D eigenvalue weighted by atomic mass is 10.2. The van der Waals surface area contributed by atoms with E-state index in [9.17, 15) is 14.4 Å². The molecule has 0 aliphatic heterocycles. The Labute approximate surface area is 200 Å². The number of carbonyl (C=O) groups is 1. The van der Waals surface area contributed by atoms with E-state index in [1.54, 1.807) is 37.4 Å². The highest BCUT2D eigenvalue weighted by Crippen LogP contribution is 2.30. The third-order valence-corrected chi connectivity index (χ3v) is 5.63. The Kier molecular flexibility index (Phi) is 6.45. The fourth-order valence-electron chi connectivity index (χ4n) is 4.04. The summed E-state index contributed by atoms with van der Waals surface area (Å²) in [5, 5.41) is 4.45. The highest BCUT2D eigenvalue weighted by Gasteiger charge is 2.23. The van der Waals surface area contributed by atoms with E-state index in [0.717, 1.165) is 0 Å². The minimum atomic E-state index is -0.730. The molecule has 0 unspecified atom stereocenters. The van der Waals surface area contributed by atoms with Gasteiger partial charge in [-0.1, -0.05) is 19.9 Å². The molecule has 0 saturated carbocycles. The second-order valence-electron chi connectivity index (χ2n) is 8.06. The molecule has 0 atom stereocenters. The number of amides is 2. The average molecular weight is 481 g/mol. The molecule has 0 fully saturated rings. The van der Waals surface area contributed by atoms with Crippen molar-refractivity contribution in [3.8, 4) is 17.3 Å². The van der Waals surface area contributed by atoms with Crippen molar-refractivity contribution in [1.82, 2.24) is 28.9 Å². The van der Waals surface area contributed by atoms with Crippen LogP contribution in [0.4, 0.5) is 16.3 Å². The van der Waals surface area contributed by atoms with Crippen molar-refractivity contribution in [1.29, 1.82) is 0 Å². The van der Waals surface area contributed by atoms with Gasteiger partial charge in [-0.05, 0) is 25.0 Å². The first kappa shape index (κ1) is 23.8. The molecule has 4 aromatic rings. The molecule has 2 amide bonds. The van der Waals surface area contributed by atoms with Crippen LogP contribution in [0.5, 0.6) is 5.75 Å². The Hall–Kier alpha value is -4.35. The minimum Gasteiger partial charge on any atom is -0.497 e. The van der Waals surface area contributed by atoms with Crippen LogP contribution in [0.1, 0.15) is 26.7 Å². The number of hydrogen-bond donors (Lipinski definition) is 2. The summed E-state index contributed by atoms with van der Waals surface area (Å²) in [7, 11) is 3.21. The number of H-pyrrole nitrogens is 1. The van der Waals surface area contributed by atoms with E-state index in [1.165, 1.54) is 25.8 Å². The quantitative estimate of drug-likeness (QED) is 0.396. The Morgan fingerprint density at radius 3 is 2.51 bits per heavy atom. The summed E-state index contributed by atoms with van der Waals surface area (Å²) in [5.41, 5.74) is 6.38. The van der Waals surface area contributed by atoms with Crippen LogP contribution in [0.15, 0.2) is 39.9 Å². The maximum atomic E-state index is 13.0.